The third-order valence-electron chi connectivity index (χ3n) is 3.59. The van der Waals surface area contributed by atoms with Gasteiger partial charge in [-0.3, -0.25) is 9.78 Å². The van der Waals surface area contributed by atoms with Crippen LogP contribution in [0.3, 0.4) is 0 Å². The summed E-state index contributed by atoms with van der Waals surface area (Å²) in [6.45, 7) is 6.58. The number of likely N-dealkylation sites (tertiary alicyclic amines) is 1. The van der Waals surface area contributed by atoms with E-state index in [1.165, 1.54) is 6.42 Å². The molecule has 0 bridgehead atoms. The number of nitrogens with zero attached hydrogens (tertiary/aromatic N) is 3. The fourth-order valence-corrected chi connectivity index (χ4v) is 2.45. The first-order chi connectivity index (χ1) is 10.2. The monoisotopic (exact) mass is 291 g/mol. The molecule has 0 aliphatic carbocycles. The van der Waals surface area contributed by atoms with Crippen LogP contribution >= 0.6 is 0 Å². The van der Waals surface area contributed by atoms with Gasteiger partial charge < -0.3 is 15.5 Å². The Balaban J connectivity index is 1.91. The molecule has 0 saturated carbocycles. The number of rotatable bonds is 6. The summed E-state index contributed by atoms with van der Waals surface area (Å²) in [7, 11) is 0. The summed E-state index contributed by atoms with van der Waals surface area (Å²) in [6.07, 6.45) is 7.81. The third-order valence-corrected chi connectivity index (χ3v) is 3.59. The minimum absolute atomic E-state index is 0.142. The molecule has 0 radical (unpaired) electrons. The standard InChI is InChI=1S/C15H25N5O/c1-3-7-17-13-10-16-11-14(19-13)18-12(2)15(21)20-8-5-4-6-9-20/h10-12H,3-9H2,1-2H3,(H2,17,18,19). The van der Waals surface area contributed by atoms with Crippen molar-refractivity contribution in [1.82, 2.24) is 14.9 Å². The van der Waals surface area contributed by atoms with Gasteiger partial charge in [0.25, 0.3) is 0 Å². The smallest absolute Gasteiger partial charge is 0.244 e. The zero-order valence-corrected chi connectivity index (χ0v) is 12.9. The molecular formula is C15H25N5O. The van der Waals surface area contributed by atoms with Crippen molar-refractivity contribution < 1.29 is 4.79 Å². The molecule has 2 N–H and O–H groups in total. The molecule has 2 heterocycles. The Morgan fingerprint density at radius 1 is 1.29 bits per heavy atom. The molecule has 1 amide bonds. The van der Waals surface area contributed by atoms with Crippen molar-refractivity contribution in [2.75, 3.05) is 30.3 Å². The highest BCUT2D eigenvalue weighted by atomic mass is 16.2. The van der Waals surface area contributed by atoms with Gasteiger partial charge in [0.15, 0.2) is 0 Å². The van der Waals surface area contributed by atoms with Crippen molar-refractivity contribution in [2.24, 2.45) is 0 Å². The number of aromatic nitrogens is 2. The van der Waals surface area contributed by atoms with Gasteiger partial charge in [0, 0.05) is 19.6 Å². The Morgan fingerprint density at radius 2 is 2.00 bits per heavy atom. The topological polar surface area (TPSA) is 70.2 Å². The Morgan fingerprint density at radius 3 is 2.71 bits per heavy atom. The van der Waals surface area contributed by atoms with Crippen LogP contribution in [0.25, 0.3) is 0 Å². The molecule has 0 aromatic carbocycles. The maximum atomic E-state index is 12.4. The molecule has 1 aromatic rings. The molecule has 2 rings (SSSR count). The third kappa shape index (κ3) is 4.58. The van der Waals surface area contributed by atoms with Crippen LogP contribution in [0.2, 0.25) is 0 Å². The van der Waals surface area contributed by atoms with Crippen molar-refractivity contribution in [3.63, 3.8) is 0 Å². The second-order valence-corrected chi connectivity index (χ2v) is 5.47. The number of carbonyl (C=O) groups excluding carboxylic acids is 1. The minimum Gasteiger partial charge on any atom is -0.369 e. The Hall–Kier alpha value is -1.85. The molecule has 1 aliphatic rings. The van der Waals surface area contributed by atoms with E-state index in [4.69, 9.17) is 0 Å². The predicted molar refractivity (Wildman–Crippen MR) is 84.3 cm³/mol. The van der Waals surface area contributed by atoms with E-state index in [1.54, 1.807) is 12.4 Å². The summed E-state index contributed by atoms with van der Waals surface area (Å²) in [5, 5.41) is 6.34. The summed E-state index contributed by atoms with van der Waals surface area (Å²) >= 11 is 0. The van der Waals surface area contributed by atoms with Crippen LogP contribution in [0.5, 0.6) is 0 Å². The lowest BCUT2D eigenvalue weighted by atomic mass is 10.1. The van der Waals surface area contributed by atoms with Crippen LogP contribution in [0.15, 0.2) is 12.4 Å². The first-order valence-corrected chi connectivity index (χ1v) is 7.82. The van der Waals surface area contributed by atoms with E-state index in [2.05, 4.69) is 27.5 Å². The molecule has 1 saturated heterocycles. The first-order valence-electron chi connectivity index (χ1n) is 7.82. The van der Waals surface area contributed by atoms with Gasteiger partial charge in [-0.05, 0) is 32.6 Å². The molecule has 21 heavy (non-hydrogen) atoms. The van der Waals surface area contributed by atoms with Gasteiger partial charge in [-0.25, -0.2) is 4.98 Å². The number of carbonyl (C=O) groups is 1. The Kier molecular flexibility index (Phi) is 5.78. The van der Waals surface area contributed by atoms with Crippen LogP contribution in [-0.4, -0.2) is 46.5 Å². The van der Waals surface area contributed by atoms with Crippen molar-refractivity contribution in [3.8, 4) is 0 Å². The maximum absolute atomic E-state index is 12.4. The summed E-state index contributed by atoms with van der Waals surface area (Å²) in [6, 6.07) is -0.279. The van der Waals surface area contributed by atoms with Gasteiger partial charge >= 0.3 is 0 Å². The molecule has 6 heteroatoms. The minimum atomic E-state index is -0.279. The van der Waals surface area contributed by atoms with E-state index in [9.17, 15) is 4.79 Å². The summed E-state index contributed by atoms with van der Waals surface area (Å²) in [5.74, 6) is 1.51. The highest BCUT2D eigenvalue weighted by Gasteiger charge is 2.22. The lowest BCUT2D eigenvalue weighted by Crippen LogP contribution is -2.44. The molecule has 116 valence electrons. The van der Waals surface area contributed by atoms with Gasteiger partial charge in [0.1, 0.15) is 17.7 Å². The number of hydrogen-bond donors (Lipinski definition) is 2. The SMILES string of the molecule is CCCNc1cncc(NC(C)C(=O)N2CCCCC2)n1. The fourth-order valence-electron chi connectivity index (χ4n) is 2.45. The van der Waals surface area contributed by atoms with E-state index < -0.39 is 0 Å². The molecule has 0 spiro atoms. The summed E-state index contributed by atoms with van der Waals surface area (Å²) in [4.78, 5) is 22.9. The summed E-state index contributed by atoms with van der Waals surface area (Å²) < 4.78 is 0. The lowest BCUT2D eigenvalue weighted by Gasteiger charge is -2.29. The van der Waals surface area contributed by atoms with E-state index in [0.29, 0.717) is 5.82 Å². The van der Waals surface area contributed by atoms with Crippen LogP contribution in [0, 0.1) is 0 Å². The van der Waals surface area contributed by atoms with Crippen LogP contribution < -0.4 is 10.6 Å². The van der Waals surface area contributed by atoms with E-state index in [-0.39, 0.29) is 11.9 Å². The number of piperidine rings is 1. The second-order valence-electron chi connectivity index (χ2n) is 5.47. The number of hydrogen-bond acceptors (Lipinski definition) is 5. The molecule has 1 unspecified atom stereocenters. The van der Waals surface area contributed by atoms with E-state index in [1.807, 2.05) is 11.8 Å². The Bertz CT molecular complexity index is 459. The normalized spacial score (nSPS) is 16.4. The number of anilines is 2. The second kappa shape index (κ2) is 7.81. The highest BCUT2D eigenvalue weighted by Crippen LogP contribution is 2.13. The molecule has 1 fully saturated rings. The predicted octanol–water partition coefficient (Wildman–Crippen LogP) is 2.11. The largest absolute Gasteiger partial charge is 0.369 e. The maximum Gasteiger partial charge on any atom is 0.244 e. The van der Waals surface area contributed by atoms with Gasteiger partial charge in [-0.2, -0.15) is 0 Å². The number of amides is 1. The van der Waals surface area contributed by atoms with E-state index >= 15 is 0 Å². The molecule has 1 aromatic heterocycles. The zero-order valence-electron chi connectivity index (χ0n) is 12.9. The quantitative estimate of drug-likeness (QED) is 0.840. The molecule has 6 nitrogen and oxygen atoms in total. The van der Waals surface area contributed by atoms with Crippen LogP contribution in [0.1, 0.15) is 39.5 Å². The zero-order chi connectivity index (χ0) is 15.1. The first kappa shape index (κ1) is 15.5. The Labute approximate surface area is 126 Å². The summed E-state index contributed by atoms with van der Waals surface area (Å²) in [5.41, 5.74) is 0. The van der Waals surface area contributed by atoms with Gasteiger partial charge in [0.2, 0.25) is 5.91 Å². The van der Waals surface area contributed by atoms with Crippen molar-refractivity contribution >= 4 is 17.5 Å². The molecule has 1 atom stereocenters. The van der Waals surface area contributed by atoms with Gasteiger partial charge in [0.05, 0.1) is 12.4 Å². The van der Waals surface area contributed by atoms with Gasteiger partial charge in [-0.1, -0.05) is 6.92 Å². The average molecular weight is 291 g/mol. The van der Waals surface area contributed by atoms with Crippen molar-refractivity contribution in [3.05, 3.63) is 12.4 Å². The average Bonchev–Trinajstić information content (AvgIpc) is 2.53. The number of nitrogens with one attached hydrogen (secondary N) is 2. The van der Waals surface area contributed by atoms with Crippen molar-refractivity contribution in [2.45, 2.75) is 45.6 Å². The van der Waals surface area contributed by atoms with Crippen LogP contribution in [-0.2, 0) is 4.79 Å². The van der Waals surface area contributed by atoms with Crippen LogP contribution in [0.4, 0.5) is 11.6 Å². The highest BCUT2D eigenvalue weighted by molar-refractivity contribution is 5.84. The van der Waals surface area contributed by atoms with E-state index in [0.717, 1.165) is 44.7 Å². The van der Waals surface area contributed by atoms with Gasteiger partial charge in [-0.15, -0.1) is 0 Å². The molecular weight excluding hydrogens is 266 g/mol. The lowest BCUT2D eigenvalue weighted by molar-refractivity contribution is -0.132. The fraction of sp³-hybridized carbons (Fsp3) is 0.667. The van der Waals surface area contributed by atoms with Crippen molar-refractivity contribution in [1.29, 1.82) is 0 Å². The molecule has 1 aliphatic heterocycles.